The van der Waals surface area contributed by atoms with E-state index < -0.39 is 0 Å². The molecule has 1 N–H and O–H groups in total. The maximum Gasteiger partial charge on any atom is 0.165 e. The van der Waals surface area contributed by atoms with Gasteiger partial charge in [-0.25, -0.2) is 9.97 Å². The second kappa shape index (κ2) is 6.49. The van der Waals surface area contributed by atoms with Crippen molar-refractivity contribution in [2.75, 3.05) is 13.2 Å². The number of benzene rings is 1. The number of rotatable bonds is 5. The molecule has 1 fully saturated rings. The predicted molar refractivity (Wildman–Crippen MR) is 90.4 cm³/mol. The number of aromatic amines is 1. The van der Waals surface area contributed by atoms with Crippen molar-refractivity contribution < 1.29 is 9.47 Å². The Balaban J connectivity index is 1.65. The highest BCUT2D eigenvalue weighted by atomic mass is 16.5. The molecular weight excluding hydrogens is 304 g/mol. The smallest absolute Gasteiger partial charge is 0.165 e. The summed E-state index contributed by atoms with van der Waals surface area (Å²) < 4.78 is 13.7. The fourth-order valence-electron chi connectivity index (χ4n) is 2.99. The van der Waals surface area contributed by atoms with Gasteiger partial charge in [0.2, 0.25) is 0 Å². The fourth-order valence-corrected chi connectivity index (χ4v) is 2.99. The van der Waals surface area contributed by atoms with Gasteiger partial charge in [0.1, 0.15) is 18.1 Å². The van der Waals surface area contributed by atoms with Crippen LogP contribution in [0.5, 0.6) is 5.75 Å². The fraction of sp³-hybridized carbons (Fsp3) is 0.333. The molecule has 0 amide bonds. The van der Waals surface area contributed by atoms with Gasteiger partial charge in [0.15, 0.2) is 5.82 Å². The standard InChI is InChI=1S/C18H20N4O2/c1-13-17(21-12-20-13)18-19-8-9-22(18)15-6-2-3-7-16(15)24-11-14-5-4-10-23-14/h2-3,6-9,12,14H,4-5,10-11H2,1H3,(H,20,21)/t14-/m1/s1. The van der Waals surface area contributed by atoms with Gasteiger partial charge < -0.3 is 14.5 Å². The van der Waals surface area contributed by atoms with E-state index in [9.17, 15) is 0 Å². The van der Waals surface area contributed by atoms with Gasteiger partial charge >= 0.3 is 0 Å². The van der Waals surface area contributed by atoms with Crippen LogP contribution >= 0.6 is 0 Å². The van der Waals surface area contributed by atoms with Crippen LogP contribution in [0.15, 0.2) is 43.0 Å². The molecule has 3 heterocycles. The first-order valence-electron chi connectivity index (χ1n) is 8.20. The number of para-hydroxylation sites is 2. The second-order valence-corrected chi connectivity index (χ2v) is 5.91. The number of imidazole rings is 2. The summed E-state index contributed by atoms with van der Waals surface area (Å²) in [6.07, 6.45) is 7.75. The van der Waals surface area contributed by atoms with Gasteiger partial charge in [-0.1, -0.05) is 12.1 Å². The minimum absolute atomic E-state index is 0.189. The lowest BCUT2D eigenvalue weighted by molar-refractivity contribution is 0.0679. The molecule has 6 heteroatoms. The molecule has 0 aliphatic carbocycles. The number of aryl methyl sites for hydroxylation is 1. The van der Waals surface area contributed by atoms with E-state index in [1.54, 1.807) is 12.5 Å². The molecule has 0 bridgehead atoms. The van der Waals surface area contributed by atoms with Crippen LogP contribution in [0.2, 0.25) is 0 Å². The normalized spacial score (nSPS) is 17.3. The largest absolute Gasteiger partial charge is 0.489 e. The molecule has 1 saturated heterocycles. The highest BCUT2D eigenvalue weighted by molar-refractivity contribution is 5.59. The van der Waals surface area contributed by atoms with Crippen LogP contribution in [0.3, 0.4) is 0 Å². The number of H-pyrrole nitrogens is 1. The average molecular weight is 324 g/mol. The first-order chi connectivity index (χ1) is 11.8. The minimum atomic E-state index is 0.189. The lowest BCUT2D eigenvalue weighted by Crippen LogP contribution is -2.17. The number of ether oxygens (including phenoxy) is 2. The Morgan fingerprint density at radius 3 is 3.04 bits per heavy atom. The third kappa shape index (κ3) is 2.80. The molecular formula is C18H20N4O2. The molecule has 4 rings (SSSR count). The molecule has 1 aliphatic rings. The van der Waals surface area contributed by atoms with Gasteiger partial charge in [0.05, 0.1) is 18.1 Å². The second-order valence-electron chi connectivity index (χ2n) is 5.91. The Labute approximate surface area is 140 Å². The van der Waals surface area contributed by atoms with Gasteiger partial charge in [-0.15, -0.1) is 0 Å². The number of hydrogen-bond donors (Lipinski definition) is 1. The van der Waals surface area contributed by atoms with E-state index in [0.717, 1.165) is 48.1 Å². The molecule has 3 aromatic rings. The molecule has 0 spiro atoms. The van der Waals surface area contributed by atoms with Crippen molar-refractivity contribution >= 4 is 0 Å². The summed E-state index contributed by atoms with van der Waals surface area (Å²) in [5.41, 5.74) is 2.78. The van der Waals surface area contributed by atoms with Crippen LogP contribution in [0.25, 0.3) is 17.2 Å². The van der Waals surface area contributed by atoms with Crippen molar-refractivity contribution in [2.24, 2.45) is 0 Å². The quantitative estimate of drug-likeness (QED) is 0.783. The highest BCUT2D eigenvalue weighted by Crippen LogP contribution is 2.28. The van der Waals surface area contributed by atoms with Gasteiger partial charge in [0, 0.05) is 24.7 Å². The summed E-state index contributed by atoms with van der Waals surface area (Å²) >= 11 is 0. The summed E-state index contributed by atoms with van der Waals surface area (Å²) in [5, 5.41) is 0. The van der Waals surface area contributed by atoms with Gasteiger partial charge in [-0.05, 0) is 31.9 Å². The number of nitrogens with one attached hydrogen (secondary N) is 1. The van der Waals surface area contributed by atoms with Gasteiger partial charge in [-0.3, -0.25) is 4.57 Å². The third-order valence-corrected chi connectivity index (χ3v) is 4.26. The van der Waals surface area contributed by atoms with E-state index >= 15 is 0 Å². The molecule has 1 aliphatic heterocycles. The van der Waals surface area contributed by atoms with Crippen molar-refractivity contribution in [3.63, 3.8) is 0 Å². The van der Waals surface area contributed by atoms with Crippen LogP contribution in [-0.2, 0) is 4.74 Å². The van der Waals surface area contributed by atoms with E-state index in [0.29, 0.717) is 6.61 Å². The molecule has 24 heavy (non-hydrogen) atoms. The van der Waals surface area contributed by atoms with Crippen LogP contribution < -0.4 is 4.74 Å². The highest BCUT2D eigenvalue weighted by Gasteiger charge is 2.18. The summed E-state index contributed by atoms with van der Waals surface area (Å²) in [6, 6.07) is 7.98. The summed E-state index contributed by atoms with van der Waals surface area (Å²) in [7, 11) is 0. The number of aromatic nitrogens is 4. The third-order valence-electron chi connectivity index (χ3n) is 4.26. The Hall–Kier alpha value is -2.60. The zero-order valence-corrected chi connectivity index (χ0v) is 13.6. The molecule has 124 valence electrons. The van der Waals surface area contributed by atoms with Crippen molar-refractivity contribution in [2.45, 2.75) is 25.9 Å². The van der Waals surface area contributed by atoms with Crippen molar-refractivity contribution in [3.8, 4) is 23.0 Å². The monoisotopic (exact) mass is 324 g/mol. The first-order valence-corrected chi connectivity index (χ1v) is 8.20. The van der Waals surface area contributed by atoms with Crippen molar-refractivity contribution in [1.82, 2.24) is 19.5 Å². The molecule has 0 radical (unpaired) electrons. The number of nitrogens with zero attached hydrogens (tertiary/aromatic N) is 3. The summed E-state index contributed by atoms with van der Waals surface area (Å²) in [5.74, 6) is 1.61. The minimum Gasteiger partial charge on any atom is -0.489 e. The number of hydrogen-bond acceptors (Lipinski definition) is 4. The Bertz CT molecular complexity index is 818. The van der Waals surface area contributed by atoms with E-state index in [2.05, 4.69) is 15.0 Å². The summed E-state index contributed by atoms with van der Waals surface area (Å²) in [4.78, 5) is 12.0. The Morgan fingerprint density at radius 1 is 1.33 bits per heavy atom. The van der Waals surface area contributed by atoms with E-state index in [-0.39, 0.29) is 6.10 Å². The maximum absolute atomic E-state index is 6.05. The maximum atomic E-state index is 6.05. The first kappa shape index (κ1) is 15.0. The van der Waals surface area contributed by atoms with Crippen molar-refractivity contribution in [1.29, 1.82) is 0 Å². The zero-order chi connectivity index (χ0) is 16.4. The summed E-state index contributed by atoms with van der Waals surface area (Å²) in [6.45, 7) is 3.39. The molecule has 6 nitrogen and oxygen atoms in total. The van der Waals surface area contributed by atoms with Gasteiger partial charge in [-0.2, -0.15) is 0 Å². The Morgan fingerprint density at radius 2 is 2.25 bits per heavy atom. The SMILES string of the molecule is Cc1[nH]cnc1-c1nccn1-c1ccccc1OC[C@H]1CCCO1. The molecule has 2 aromatic heterocycles. The van der Waals surface area contributed by atoms with Crippen LogP contribution in [-0.4, -0.2) is 38.8 Å². The molecule has 1 aromatic carbocycles. The Kier molecular flexibility index (Phi) is 4.04. The lowest BCUT2D eigenvalue weighted by atomic mass is 10.2. The van der Waals surface area contributed by atoms with E-state index in [1.807, 2.05) is 42.0 Å². The predicted octanol–water partition coefficient (Wildman–Crippen LogP) is 3.13. The average Bonchev–Trinajstić information content (AvgIpc) is 3.34. The van der Waals surface area contributed by atoms with E-state index in [1.165, 1.54) is 0 Å². The van der Waals surface area contributed by atoms with Crippen molar-refractivity contribution in [3.05, 3.63) is 48.7 Å². The van der Waals surface area contributed by atoms with Crippen LogP contribution in [0, 0.1) is 6.92 Å². The molecule has 1 atom stereocenters. The zero-order valence-electron chi connectivity index (χ0n) is 13.6. The van der Waals surface area contributed by atoms with Crippen LogP contribution in [0.1, 0.15) is 18.5 Å². The van der Waals surface area contributed by atoms with Crippen LogP contribution in [0.4, 0.5) is 0 Å². The van der Waals surface area contributed by atoms with Gasteiger partial charge in [0.25, 0.3) is 0 Å². The van der Waals surface area contributed by atoms with E-state index in [4.69, 9.17) is 9.47 Å². The molecule has 0 unspecified atom stereocenters. The topological polar surface area (TPSA) is 65.0 Å². The lowest BCUT2D eigenvalue weighted by Gasteiger charge is -2.16. The molecule has 0 saturated carbocycles.